The average molecular weight is 575 g/mol. The van der Waals surface area contributed by atoms with Gasteiger partial charge < -0.3 is 38.2 Å². The molecule has 1 fully saturated rings. The molecule has 1 aliphatic rings. The highest BCUT2D eigenvalue weighted by Crippen LogP contribution is 2.17. The molecule has 0 spiro atoms. The van der Waals surface area contributed by atoms with Crippen molar-refractivity contribution in [2.24, 2.45) is 23.7 Å². The van der Waals surface area contributed by atoms with Crippen LogP contribution in [0.3, 0.4) is 0 Å². The van der Waals surface area contributed by atoms with E-state index in [9.17, 15) is 19.2 Å². The molecule has 1 saturated heterocycles. The van der Waals surface area contributed by atoms with Crippen LogP contribution >= 0.6 is 0 Å². The van der Waals surface area contributed by atoms with E-state index < -0.39 is 0 Å². The van der Waals surface area contributed by atoms with Crippen LogP contribution in [-0.4, -0.2) is 127 Å². The summed E-state index contributed by atoms with van der Waals surface area (Å²) in [6.45, 7) is 11.4. The third kappa shape index (κ3) is 13.9. The molecule has 0 radical (unpaired) electrons. The summed E-state index contributed by atoms with van der Waals surface area (Å²) in [7, 11) is 2.68. The van der Waals surface area contributed by atoms with Gasteiger partial charge in [-0.15, -0.1) is 0 Å². The second kappa shape index (κ2) is 20.6. The quantitative estimate of drug-likeness (QED) is 0.392. The molecule has 40 heavy (non-hydrogen) atoms. The Balaban J connectivity index is 2.63. The highest BCUT2D eigenvalue weighted by atomic mass is 16.5. The van der Waals surface area contributed by atoms with Gasteiger partial charge in [-0.25, -0.2) is 0 Å². The standard InChI is InChI=1S/C28H50N2O10/c1-21(19-23(3)27(33)35-5)25(31)29-7-11-37-15-17-39-13-9-30(10-14-40-18-16-38-12-8-29)26(32)22(2)20-24(4)28(34)36-6/h21-24H,7-20H2,1-6H3/t21-,22-,23+,24+/m0/s1. The zero-order valence-corrected chi connectivity index (χ0v) is 25.2. The lowest BCUT2D eigenvalue weighted by Gasteiger charge is -2.27. The molecule has 12 heteroatoms. The number of carbonyl (C=O) groups excluding carboxylic acids is 4. The summed E-state index contributed by atoms with van der Waals surface area (Å²) in [5.74, 6) is -2.24. The zero-order valence-electron chi connectivity index (χ0n) is 25.2. The van der Waals surface area contributed by atoms with Gasteiger partial charge in [-0.05, 0) is 12.8 Å². The Hall–Kier alpha value is -2.28. The van der Waals surface area contributed by atoms with Gasteiger partial charge in [-0.1, -0.05) is 27.7 Å². The van der Waals surface area contributed by atoms with Crippen LogP contribution in [0.15, 0.2) is 0 Å². The van der Waals surface area contributed by atoms with Crippen LogP contribution < -0.4 is 0 Å². The van der Waals surface area contributed by atoms with Crippen LogP contribution in [0, 0.1) is 23.7 Å². The normalized spacial score (nSPS) is 20.2. The van der Waals surface area contributed by atoms with Gasteiger partial charge in [-0.2, -0.15) is 0 Å². The lowest BCUT2D eigenvalue weighted by molar-refractivity contribution is -0.147. The average Bonchev–Trinajstić information content (AvgIpc) is 2.94. The minimum atomic E-state index is -0.371. The second-order valence-electron chi connectivity index (χ2n) is 10.2. The van der Waals surface area contributed by atoms with Crippen LogP contribution in [0.1, 0.15) is 40.5 Å². The highest BCUT2D eigenvalue weighted by Gasteiger charge is 2.26. The van der Waals surface area contributed by atoms with Crippen molar-refractivity contribution in [1.82, 2.24) is 9.80 Å². The predicted octanol–water partition coefficient (Wildman–Crippen LogP) is 1.39. The molecule has 0 aliphatic carbocycles. The number of hydrogen-bond donors (Lipinski definition) is 0. The Morgan fingerprint density at radius 3 is 1.05 bits per heavy atom. The van der Waals surface area contributed by atoms with Crippen molar-refractivity contribution in [3.8, 4) is 0 Å². The molecular weight excluding hydrogens is 524 g/mol. The first-order chi connectivity index (χ1) is 19.1. The maximum absolute atomic E-state index is 13.1. The van der Waals surface area contributed by atoms with Crippen molar-refractivity contribution in [2.75, 3.05) is 93.3 Å². The molecule has 1 heterocycles. The molecule has 232 valence electrons. The van der Waals surface area contributed by atoms with Crippen molar-refractivity contribution < 1.29 is 47.6 Å². The van der Waals surface area contributed by atoms with E-state index in [0.29, 0.717) is 91.9 Å². The molecule has 2 amide bonds. The molecule has 1 aliphatic heterocycles. The van der Waals surface area contributed by atoms with Crippen molar-refractivity contribution in [2.45, 2.75) is 40.5 Å². The topological polar surface area (TPSA) is 130 Å². The summed E-state index contributed by atoms with van der Waals surface area (Å²) in [4.78, 5) is 53.1. The number of esters is 2. The van der Waals surface area contributed by atoms with Gasteiger partial charge in [0.15, 0.2) is 0 Å². The van der Waals surface area contributed by atoms with E-state index >= 15 is 0 Å². The lowest BCUT2D eigenvalue weighted by atomic mass is 9.96. The first kappa shape index (κ1) is 35.7. The Bertz CT molecular complexity index is 683. The maximum Gasteiger partial charge on any atom is 0.308 e. The molecular formula is C28H50N2O10. The summed E-state index contributed by atoms with van der Waals surface area (Å²) >= 11 is 0. The van der Waals surface area contributed by atoms with Gasteiger partial charge in [-0.3, -0.25) is 19.2 Å². The molecule has 12 nitrogen and oxygen atoms in total. The van der Waals surface area contributed by atoms with Gasteiger partial charge in [0.05, 0.1) is 78.9 Å². The van der Waals surface area contributed by atoms with Crippen LogP contribution in [-0.2, 0) is 47.6 Å². The van der Waals surface area contributed by atoms with Crippen LogP contribution in [0.25, 0.3) is 0 Å². The van der Waals surface area contributed by atoms with Crippen LogP contribution in [0.5, 0.6) is 0 Å². The number of carbonyl (C=O) groups is 4. The summed E-state index contributed by atoms with van der Waals surface area (Å²) in [6, 6.07) is 0. The Kier molecular flexibility index (Phi) is 18.4. The first-order valence-corrected chi connectivity index (χ1v) is 14.2. The molecule has 0 unspecified atom stereocenters. The minimum Gasteiger partial charge on any atom is -0.469 e. The number of nitrogens with zero attached hydrogens (tertiary/aromatic N) is 2. The van der Waals surface area contributed by atoms with Gasteiger partial charge in [0.1, 0.15) is 0 Å². The maximum atomic E-state index is 13.1. The van der Waals surface area contributed by atoms with E-state index in [1.54, 1.807) is 23.6 Å². The molecule has 0 aromatic heterocycles. The number of ether oxygens (including phenoxy) is 6. The van der Waals surface area contributed by atoms with Gasteiger partial charge in [0, 0.05) is 38.0 Å². The van der Waals surface area contributed by atoms with Gasteiger partial charge in [0.25, 0.3) is 0 Å². The van der Waals surface area contributed by atoms with Crippen molar-refractivity contribution >= 4 is 23.8 Å². The predicted molar refractivity (Wildman–Crippen MR) is 146 cm³/mol. The van der Waals surface area contributed by atoms with E-state index in [4.69, 9.17) is 28.4 Å². The summed E-state index contributed by atoms with van der Waals surface area (Å²) in [5, 5.41) is 0. The molecule has 0 saturated carbocycles. The molecule has 0 aromatic rings. The van der Waals surface area contributed by atoms with E-state index in [0.717, 1.165) is 0 Å². The fraction of sp³-hybridized carbons (Fsp3) is 0.857. The fourth-order valence-corrected chi connectivity index (χ4v) is 4.49. The first-order valence-electron chi connectivity index (χ1n) is 14.2. The molecule has 0 aromatic carbocycles. The monoisotopic (exact) mass is 574 g/mol. The van der Waals surface area contributed by atoms with E-state index in [2.05, 4.69) is 0 Å². The second-order valence-corrected chi connectivity index (χ2v) is 10.2. The van der Waals surface area contributed by atoms with E-state index in [1.165, 1.54) is 14.2 Å². The summed E-state index contributed by atoms with van der Waals surface area (Å²) in [5.41, 5.74) is 0. The van der Waals surface area contributed by atoms with Gasteiger partial charge in [0.2, 0.25) is 11.8 Å². The SMILES string of the molecule is COC(=O)[C@H](C)C[C@H](C)C(=O)N1CCOCCOCCN(C(=O)[C@@H](C)C[C@@H](C)C(=O)OC)CCOCCOCC1. The van der Waals surface area contributed by atoms with Gasteiger partial charge >= 0.3 is 11.9 Å². The van der Waals surface area contributed by atoms with Crippen molar-refractivity contribution in [1.29, 1.82) is 0 Å². The fourth-order valence-electron chi connectivity index (χ4n) is 4.49. The number of rotatable bonds is 8. The minimum absolute atomic E-state index is 0.0650. The summed E-state index contributed by atoms with van der Waals surface area (Å²) < 4.78 is 32.3. The number of methoxy groups -OCH3 is 2. The lowest BCUT2D eigenvalue weighted by Crippen LogP contribution is -2.41. The molecule has 1 rings (SSSR count). The Morgan fingerprint density at radius 1 is 0.525 bits per heavy atom. The van der Waals surface area contributed by atoms with Crippen LogP contribution in [0.2, 0.25) is 0 Å². The van der Waals surface area contributed by atoms with E-state index in [-0.39, 0.29) is 47.4 Å². The van der Waals surface area contributed by atoms with Crippen molar-refractivity contribution in [3.63, 3.8) is 0 Å². The largest absolute Gasteiger partial charge is 0.469 e. The van der Waals surface area contributed by atoms with Crippen LogP contribution in [0.4, 0.5) is 0 Å². The smallest absolute Gasteiger partial charge is 0.308 e. The summed E-state index contributed by atoms with van der Waals surface area (Å²) in [6.07, 6.45) is 0.794. The highest BCUT2D eigenvalue weighted by molar-refractivity contribution is 5.80. The molecule has 4 atom stereocenters. The van der Waals surface area contributed by atoms with Crippen molar-refractivity contribution in [3.05, 3.63) is 0 Å². The third-order valence-corrected chi connectivity index (χ3v) is 6.85. The zero-order chi connectivity index (χ0) is 29.9. The Morgan fingerprint density at radius 2 is 0.800 bits per heavy atom. The molecule has 0 bridgehead atoms. The Labute approximate surface area is 238 Å². The number of hydrogen-bond acceptors (Lipinski definition) is 10. The third-order valence-electron chi connectivity index (χ3n) is 6.85. The molecule has 0 N–H and O–H groups in total. The number of amides is 2. The van der Waals surface area contributed by atoms with E-state index in [1.807, 2.05) is 13.8 Å².